The fraction of sp³-hybridized carbons (Fsp3) is 0.296. The zero-order valence-electron chi connectivity index (χ0n) is 20.9. The van der Waals surface area contributed by atoms with Crippen molar-refractivity contribution < 1.29 is 45.7 Å². The Labute approximate surface area is 220 Å². The Morgan fingerprint density at radius 1 is 0.744 bits per heavy atom. The molecule has 0 atom stereocenters. The number of carbonyl (C=O) groups is 1. The molecule has 0 unspecified atom stereocenters. The molecule has 3 aromatic rings. The number of carbonyl (C=O) groups excluding carboxylic acids is 1. The molecule has 0 spiro atoms. The van der Waals surface area contributed by atoms with Gasteiger partial charge in [0, 0.05) is 6.42 Å². The molecule has 0 aromatic heterocycles. The van der Waals surface area contributed by atoms with Crippen molar-refractivity contribution in [3.8, 4) is 11.5 Å². The summed E-state index contributed by atoms with van der Waals surface area (Å²) in [4.78, 5) is 13.2. The molecule has 0 bridgehead atoms. The zero-order chi connectivity index (χ0) is 28.9. The van der Waals surface area contributed by atoms with Gasteiger partial charge in [0.25, 0.3) is 0 Å². The zero-order valence-corrected chi connectivity index (χ0v) is 20.9. The van der Waals surface area contributed by atoms with Crippen LogP contribution in [0.25, 0.3) is 0 Å². The maximum absolute atomic E-state index is 13.2. The van der Waals surface area contributed by atoms with Crippen molar-refractivity contribution in [1.82, 2.24) is 10.6 Å². The summed E-state index contributed by atoms with van der Waals surface area (Å²) >= 11 is 0. The molecule has 0 saturated heterocycles. The average Bonchev–Trinajstić information content (AvgIpc) is 2.82. The third-order valence-electron chi connectivity index (χ3n) is 5.61. The lowest BCUT2D eigenvalue weighted by molar-refractivity contribution is -0.275. The van der Waals surface area contributed by atoms with Crippen molar-refractivity contribution in [2.24, 2.45) is 0 Å². The molecule has 0 aliphatic rings. The van der Waals surface area contributed by atoms with Gasteiger partial charge in [-0.05, 0) is 54.8 Å². The summed E-state index contributed by atoms with van der Waals surface area (Å²) in [5.74, 6) is -1.20. The molecule has 6 nitrogen and oxygen atoms in total. The number of aliphatic hydroxyl groups is 1. The molecule has 3 aromatic carbocycles. The lowest BCUT2D eigenvalue weighted by Crippen LogP contribution is -2.57. The second-order valence-electron chi connectivity index (χ2n) is 9.34. The number of nitrogens with one attached hydrogen (secondary N) is 2. The first-order valence-electron chi connectivity index (χ1n) is 11.6. The fourth-order valence-electron chi connectivity index (χ4n) is 3.95. The van der Waals surface area contributed by atoms with E-state index >= 15 is 0 Å². The first kappa shape index (κ1) is 29.6. The quantitative estimate of drug-likeness (QED) is 0.281. The minimum Gasteiger partial charge on any atom is -0.406 e. The summed E-state index contributed by atoms with van der Waals surface area (Å²) in [6, 6.07) is 17.2. The average molecular weight is 557 g/mol. The lowest BCUT2D eigenvalue weighted by Gasteiger charge is -2.38. The largest absolute Gasteiger partial charge is 0.573 e. The third kappa shape index (κ3) is 8.54. The van der Waals surface area contributed by atoms with Crippen LogP contribution in [0.15, 0.2) is 78.9 Å². The van der Waals surface area contributed by atoms with E-state index in [0.717, 1.165) is 24.3 Å². The molecular formula is C27H26F6N2O4. The topological polar surface area (TPSA) is 79.8 Å². The Morgan fingerprint density at radius 2 is 1.23 bits per heavy atom. The van der Waals surface area contributed by atoms with Gasteiger partial charge in [0.2, 0.25) is 0 Å². The van der Waals surface area contributed by atoms with E-state index in [1.54, 1.807) is 30.3 Å². The van der Waals surface area contributed by atoms with E-state index in [2.05, 4.69) is 20.1 Å². The van der Waals surface area contributed by atoms with E-state index in [9.17, 15) is 36.2 Å². The number of urea groups is 1. The van der Waals surface area contributed by atoms with E-state index in [-0.39, 0.29) is 17.5 Å². The maximum Gasteiger partial charge on any atom is 0.573 e. The second-order valence-corrected chi connectivity index (χ2v) is 9.34. The molecule has 3 rings (SSSR count). The number of ether oxygens (including phenoxy) is 2. The number of hydrogen-bond donors (Lipinski definition) is 3. The van der Waals surface area contributed by atoms with Gasteiger partial charge in [-0.3, -0.25) is 0 Å². The minimum atomic E-state index is -5.02. The van der Waals surface area contributed by atoms with Crippen molar-refractivity contribution in [2.45, 2.75) is 44.1 Å². The first-order valence-corrected chi connectivity index (χ1v) is 11.6. The lowest BCUT2D eigenvalue weighted by atomic mass is 9.77. The predicted molar refractivity (Wildman–Crippen MR) is 130 cm³/mol. The van der Waals surface area contributed by atoms with E-state index in [4.69, 9.17) is 0 Å². The van der Waals surface area contributed by atoms with Gasteiger partial charge in [-0.1, -0.05) is 54.6 Å². The molecule has 0 heterocycles. The maximum atomic E-state index is 13.2. The van der Waals surface area contributed by atoms with Gasteiger partial charge in [0.1, 0.15) is 11.5 Å². The van der Waals surface area contributed by atoms with Crippen molar-refractivity contribution in [2.75, 3.05) is 6.61 Å². The molecular weight excluding hydrogens is 530 g/mol. The van der Waals surface area contributed by atoms with Gasteiger partial charge < -0.3 is 25.2 Å². The van der Waals surface area contributed by atoms with Crippen molar-refractivity contribution in [3.05, 3.63) is 95.6 Å². The number of rotatable bonds is 9. The monoisotopic (exact) mass is 556 g/mol. The second kappa shape index (κ2) is 11.4. The van der Waals surface area contributed by atoms with Crippen LogP contribution >= 0.6 is 0 Å². The number of benzene rings is 3. The molecule has 0 aliphatic heterocycles. The normalized spacial score (nSPS) is 12.5. The molecule has 0 aliphatic carbocycles. The SMILES string of the molecule is CC(C)(CO)NC(=O)NC(Cc1ccccc1)(c1cccc(OC(F)(F)F)c1)c1cccc(OC(F)(F)F)c1. The van der Waals surface area contributed by atoms with Crippen LogP contribution in [-0.2, 0) is 12.0 Å². The van der Waals surface area contributed by atoms with Gasteiger partial charge >= 0.3 is 18.8 Å². The summed E-state index contributed by atoms with van der Waals surface area (Å²) in [5.41, 5.74) is -2.08. The van der Waals surface area contributed by atoms with Crippen LogP contribution in [0.2, 0.25) is 0 Å². The van der Waals surface area contributed by atoms with Crippen LogP contribution in [0.3, 0.4) is 0 Å². The summed E-state index contributed by atoms with van der Waals surface area (Å²) in [5, 5.41) is 14.9. The Kier molecular flexibility index (Phi) is 8.69. The molecule has 0 radical (unpaired) electrons. The van der Waals surface area contributed by atoms with Gasteiger partial charge in [-0.15, -0.1) is 26.3 Å². The smallest absolute Gasteiger partial charge is 0.406 e. The molecule has 0 saturated carbocycles. The van der Waals surface area contributed by atoms with Crippen LogP contribution in [0.5, 0.6) is 11.5 Å². The Bertz CT molecular complexity index is 1200. The van der Waals surface area contributed by atoms with Crippen molar-refractivity contribution in [3.63, 3.8) is 0 Å². The van der Waals surface area contributed by atoms with Crippen LogP contribution in [0.4, 0.5) is 31.1 Å². The van der Waals surface area contributed by atoms with Crippen LogP contribution in [-0.4, -0.2) is 36.0 Å². The molecule has 12 heteroatoms. The summed E-state index contributed by atoms with van der Waals surface area (Å²) in [6.45, 7) is 2.61. The Hall–Kier alpha value is -3.93. The number of alkyl halides is 6. The van der Waals surface area contributed by atoms with E-state index < -0.39 is 47.9 Å². The standard InChI is InChI=1S/C27H26F6N2O4/c1-24(2,17-36)34-23(37)35-25(16-18-8-4-3-5-9-18,19-10-6-12-21(14-19)38-26(28,29)30)20-11-7-13-22(15-20)39-27(31,32)33/h3-15,36H,16-17H2,1-2H3,(H2,34,35,37). The molecule has 2 amide bonds. The van der Waals surface area contributed by atoms with Gasteiger partial charge in [-0.2, -0.15) is 0 Å². The van der Waals surface area contributed by atoms with E-state index in [1.165, 1.54) is 38.1 Å². The predicted octanol–water partition coefficient (Wildman–Crippen LogP) is 6.04. The molecule has 0 fully saturated rings. The highest BCUT2D eigenvalue weighted by Crippen LogP contribution is 2.38. The summed E-state index contributed by atoms with van der Waals surface area (Å²) < 4.78 is 86.4. The van der Waals surface area contributed by atoms with Crippen molar-refractivity contribution >= 4 is 6.03 Å². The number of aliphatic hydroxyl groups excluding tert-OH is 1. The molecule has 210 valence electrons. The highest BCUT2D eigenvalue weighted by Gasteiger charge is 2.40. The van der Waals surface area contributed by atoms with Gasteiger partial charge in [0.05, 0.1) is 17.7 Å². The summed E-state index contributed by atoms with van der Waals surface area (Å²) in [6.07, 6.45) is -10.1. The molecule has 3 N–H and O–H groups in total. The van der Waals surface area contributed by atoms with Crippen LogP contribution < -0.4 is 20.1 Å². The number of halogens is 6. The van der Waals surface area contributed by atoms with Crippen LogP contribution in [0, 0.1) is 0 Å². The minimum absolute atomic E-state index is 0.0780. The Morgan fingerprint density at radius 3 is 1.67 bits per heavy atom. The van der Waals surface area contributed by atoms with Gasteiger partial charge in [-0.25, -0.2) is 4.79 Å². The van der Waals surface area contributed by atoms with E-state index in [0.29, 0.717) is 5.56 Å². The van der Waals surface area contributed by atoms with E-state index in [1.807, 2.05) is 0 Å². The summed E-state index contributed by atoms with van der Waals surface area (Å²) in [7, 11) is 0. The highest BCUT2D eigenvalue weighted by atomic mass is 19.4. The van der Waals surface area contributed by atoms with Crippen LogP contribution in [0.1, 0.15) is 30.5 Å². The Balaban J connectivity index is 2.26. The third-order valence-corrected chi connectivity index (χ3v) is 5.61. The molecule has 39 heavy (non-hydrogen) atoms. The fourth-order valence-corrected chi connectivity index (χ4v) is 3.95. The first-order chi connectivity index (χ1) is 18.1. The number of amides is 2. The van der Waals surface area contributed by atoms with Gasteiger partial charge in [0.15, 0.2) is 0 Å². The van der Waals surface area contributed by atoms with Crippen molar-refractivity contribution in [1.29, 1.82) is 0 Å². The number of hydrogen-bond acceptors (Lipinski definition) is 4. The highest BCUT2D eigenvalue weighted by molar-refractivity contribution is 5.77.